The average Bonchev–Trinajstić information content (AvgIpc) is 3.15. The number of aromatic nitrogens is 1. The van der Waals surface area contributed by atoms with Crippen LogP contribution in [0.3, 0.4) is 0 Å². The zero-order valence-corrected chi connectivity index (χ0v) is 20.9. The fourth-order valence-corrected chi connectivity index (χ4v) is 4.50. The molecule has 9 heteroatoms. The number of nitrogens with one attached hydrogen (secondary N) is 1. The Hall–Kier alpha value is -3.85. The van der Waals surface area contributed by atoms with Crippen molar-refractivity contribution in [3.05, 3.63) is 76.6 Å². The third-order valence-corrected chi connectivity index (χ3v) is 6.31. The summed E-state index contributed by atoms with van der Waals surface area (Å²) in [5, 5.41) is 2.71. The maximum atomic E-state index is 13.1. The van der Waals surface area contributed by atoms with Crippen LogP contribution in [0, 0.1) is 13.8 Å². The standard InChI is InChI=1S/C26H26N2O6S/c1-15-10-23(24(30)14-35-22-8-6-20(7-9-22)27-17(3)29)16(2)28(15)21-12-18(25(31)33-4)11-19(13-21)26(32)34-5/h6-13H,14H2,1-5H3,(H,27,29). The van der Waals surface area contributed by atoms with E-state index in [0.29, 0.717) is 22.6 Å². The highest BCUT2D eigenvalue weighted by Crippen LogP contribution is 2.27. The summed E-state index contributed by atoms with van der Waals surface area (Å²) in [6, 6.07) is 13.7. The van der Waals surface area contributed by atoms with Gasteiger partial charge >= 0.3 is 11.9 Å². The van der Waals surface area contributed by atoms with Gasteiger partial charge in [0.05, 0.1) is 31.1 Å². The Balaban J connectivity index is 1.87. The first-order chi connectivity index (χ1) is 16.6. The molecule has 0 bridgehead atoms. The summed E-state index contributed by atoms with van der Waals surface area (Å²) in [4.78, 5) is 49.5. The molecule has 3 rings (SSSR count). The van der Waals surface area contributed by atoms with Crippen LogP contribution in [0.2, 0.25) is 0 Å². The van der Waals surface area contributed by atoms with Crippen molar-refractivity contribution in [2.45, 2.75) is 25.7 Å². The Morgan fingerprint density at radius 1 is 0.886 bits per heavy atom. The second-order valence-corrected chi connectivity index (χ2v) is 8.84. The minimum atomic E-state index is -0.586. The quantitative estimate of drug-likeness (QED) is 0.277. The van der Waals surface area contributed by atoms with Gasteiger partial charge in [0, 0.05) is 40.1 Å². The zero-order chi connectivity index (χ0) is 25.7. The molecule has 0 aliphatic heterocycles. The molecule has 1 heterocycles. The van der Waals surface area contributed by atoms with Gasteiger partial charge in [-0.2, -0.15) is 0 Å². The van der Waals surface area contributed by atoms with Crippen LogP contribution in [-0.2, 0) is 14.3 Å². The van der Waals surface area contributed by atoms with Crippen LogP contribution in [0.1, 0.15) is 49.4 Å². The van der Waals surface area contributed by atoms with Gasteiger partial charge in [0.15, 0.2) is 5.78 Å². The van der Waals surface area contributed by atoms with E-state index in [0.717, 1.165) is 10.6 Å². The lowest BCUT2D eigenvalue weighted by Gasteiger charge is -2.13. The molecular formula is C26H26N2O6S. The highest BCUT2D eigenvalue weighted by atomic mass is 32.2. The molecule has 0 atom stereocenters. The van der Waals surface area contributed by atoms with E-state index in [1.54, 1.807) is 30.3 Å². The number of esters is 2. The van der Waals surface area contributed by atoms with Crippen LogP contribution in [0.4, 0.5) is 5.69 Å². The fourth-order valence-electron chi connectivity index (χ4n) is 3.72. The first-order valence-electron chi connectivity index (χ1n) is 10.7. The number of carbonyl (C=O) groups is 4. The van der Waals surface area contributed by atoms with Gasteiger partial charge in [0.1, 0.15) is 0 Å². The number of aryl methyl sites for hydroxylation is 1. The molecule has 35 heavy (non-hydrogen) atoms. The highest BCUT2D eigenvalue weighted by molar-refractivity contribution is 8.00. The predicted molar refractivity (Wildman–Crippen MR) is 134 cm³/mol. The Bertz CT molecular complexity index is 1260. The maximum absolute atomic E-state index is 13.1. The first-order valence-corrected chi connectivity index (χ1v) is 11.7. The number of hydrogen-bond donors (Lipinski definition) is 1. The van der Waals surface area contributed by atoms with Crippen molar-refractivity contribution in [1.82, 2.24) is 4.57 Å². The van der Waals surface area contributed by atoms with Gasteiger partial charge < -0.3 is 19.4 Å². The molecule has 3 aromatic rings. The largest absolute Gasteiger partial charge is 0.465 e. The van der Waals surface area contributed by atoms with Crippen molar-refractivity contribution in [2.24, 2.45) is 0 Å². The smallest absolute Gasteiger partial charge is 0.337 e. The summed E-state index contributed by atoms with van der Waals surface area (Å²) in [5.41, 5.74) is 3.64. The molecule has 0 spiro atoms. The summed E-state index contributed by atoms with van der Waals surface area (Å²) in [6.45, 7) is 5.11. The maximum Gasteiger partial charge on any atom is 0.337 e. The minimum absolute atomic E-state index is 0.0578. The Kier molecular flexibility index (Phi) is 8.14. The summed E-state index contributed by atoms with van der Waals surface area (Å²) >= 11 is 1.40. The monoisotopic (exact) mass is 494 g/mol. The number of Topliss-reactive ketones (excluding diaryl/α,β-unsaturated/α-hetero) is 1. The molecule has 0 fully saturated rings. The molecular weight excluding hydrogens is 468 g/mol. The van der Waals surface area contributed by atoms with E-state index in [2.05, 4.69) is 5.32 Å². The number of nitrogens with zero attached hydrogens (tertiary/aromatic N) is 1. The molecule has 1 aromatic heterocycles. The van der Waals surface area contributed by atoms with Gasteiger partial charge in [-0.05, 0) is 62.4 Å². The van der Waals surface area contributed by atoms with E-state index in [-0.39, 0.29) is 28.6 Å². The number of ketones is 1. The predicted octanol–water partition coefficient (Wildman–Crippen LogP) is 4.60. The average molecular weight is 495 g/mol. The number of hydrogen-bond acceptors (Lipinski definition) is 7. The van der Waals surface area contributed by atoms with Gasteiger partial charge in [0.25, 0.3) is 0 Å². The number of amides is 1. The van der Waals surface area contributed by atoms with Gasteiger partial charge in [-0.15, -0.1) is 11.8 Å². The third-order valence-electron chi connectivity index (χ3n) is 5.29. The van der Waals surface area contributed by atoms with Gasteiger partial charge in [-0.25, -0.2) is 9.59 Å². The van der Waals surface area contributed by atoms with Crippen molar-refractivity contribution >= 4 is 41.1 Å². The summed E-state index contributed by atoms with van der Waals surface area (Å²) in [6.07, 6.45) is 0. The minimum Gasteiger partial charge on any atom is -0.465 e. The van der Waals surface area contributed by atoms with E-state index < -0.39 is 11.9 Å². The van der Waals surface area contributed by atoms with Crippen molar-refractivity contribution in [2.75, 3.05) is 25.3 Å². The zero-order valence-electron chi connectivity index (χ0n) is 20.1. The topological polar surface area (TPSA) is 104 Å². The van der Waals surface area contributed by atoms with Gasteiger partial charge in [-0.3, -0.25) is 9.59 Å². The van der Waals surface area contributed by atoms with Gasteiger partial charge in [0.2, 0.25) is 5.91 Å². The Labute approximate surface area is 207 Å². The highest BCUT2D eigenvalue weighted by Gasteiger charge is 2.20. The molecule has 0 unspecified atom stereocenters. The lowest BCUT2D eigenvalue weighted by atomic mass is 10.1. The molecule has 0 radical (unpaired) electrons. The molecule has 0 saturated carbocycles. The first kappa shape index (κ1) is 25.8. The van der Waals surface area contributed by atoms with Gasteiger partial charge in [-0.1, -0.05) is 0 Å². The van der Waals surface area contributed by atoms with Crippen LogP contribution in [0.5, 0.6) is 0 Å². The number of ether oxygens (including phenoxy) is 2. The fraction of sp³-hybridized carbons (Fsp3) is 0.231. The second kappa shape index (κ2) is 11.1. The molecule has 0 aliphatic rings. The number of methoxy groups -OCH3 is 2. The lowest BCUT2D eigenvalue weighted by molar-refractivity contribution is -0.114. The molecule has 0 aliphatic carbocycles. The molecule has 1 N–H and O–H groups in total. The van der Waals surface area contributed by atoms with Crippen molar-refractivity contribution in [3.8, 4) is 5.69 Å². The molecule has 0 saturated heterocycles. The van der Waals surface area contributed by atoms with E-state index in [4.69, 9.17) is 9.47 Å². The van der Waals surface area contributed by atoms with Crippen LogP contribution >= 0.6 is 11.8 Å². The Morgan fingerprint density at radius 3 is 1.97 bits per heavy atom. The normalized spacial score (nSPS) is 10.5. The second-order valence-electron chi connectivity index (χ2n) is 7.79. The van der Waals surface area contributed by atoms with Crippen LogP contribution in [0.15, 0.2) is 53.4 Å². The molecule has 182 valence electrons. The third kappa shape index (κ3) is 5.99. The van der Waals surface area contributed by atoms with E-state index in [1.165, 1.54) is 39.0 Å². The van der Waals surface area contributed by atoms with Crippen molar-refractivity contribution in [1.29, 1.82) is 0 Å². The van der Waals surface area contributed by atoms with Crippen molar-refractivity contribution in [3.63, 3.8) is 0 Å². The number of rotatable bonds is 8. The number of thioether (sulfide) groups is 1. The number of carbonyl (C=O) groups excluding carboxylic acids is 4. The number of anilines is 1. The van der Waals surface area contributed by atoms with E-state index in [9.17, 15) is 19.2 Å². The summed E-state index contributed by atoms with van der Waals surface area (Å²) < 4.78 is 11.5. The lowest BCUT2D eigenvalue weighted by Crippen LogP contribution is -2.10. The van der Waals surface area contributed by atoms with E-state index >= 15 is 0 Å². The molecule has 1 amide bonds. The molecule has 8 nitrogen and oxygen atoms in total. The van der Waals surface area contributed by atoms with Crippen molar-refractivity contribution < 1.29 is 28.7 Å². The van der Waals surface area contributed by atoms with Crippen LogP contribution < -0.4 is 5.32 Å². The van der Waals surface area contributed by atoms with Crippen LogP contribution in [0.25, 0.3) is 5.69 Å². The summed E-state index contributed by atoms with van der Waals surface area (Å²) in [5.74, 6) is -1.16. The molecule has 2 aromatic carbocycles. The van der Waals surface area contributed by atoms with Crippen LogP contribution in [-0.4, -0.2) is 48.2 Å². The Morgan fingerprint density at radius 2 is 1.46 bits per heavy atom. The number of benzene rings is 2. The SMILES string of the molecule is COC(=O)c1cc(C(=O)OC)cc(-n2c(C)cc(C(=O)CSc3ccc(NC(C)=O)cc3)c2C)c1. The summed E-state index contributed by atoms with van der Waals surface area (Å²) in [7, 11) is 2.53. The van der Waals surface area contributed by atoms with E-state index in [1.807, 2.05) is 30.5 Å².